The normalized spacial score (nSPS) is 23.4. The first kappa shape index (κ1) is 19.9. The van der Waals surface area contributed by atoms with Crippen molar-refractivity contribution in [1.82, 2.24) is 0 Å². The van der Waals surface area contributed by atoms with E-state index in [0.717, 1.165) is 44.9 Å². The van der Waals surface area contributed by atoms with Crippen molar-refractivity contribution in [3.05, 3.63) is 24.3 Å². The number of aliphatic hydroxyl groups excluding tert-OH is 1. The van der Waals surface area contributed by atoms with Crippen molar-refractivity contribution in [3.8, 4) is 0 Å². The molecule has 0 saturated carbocycles. The molecule has 4 heteroatoms. The van der Waals surface area contributed by atoms with Gasteiger partial charge >= 0.3 is 5.97 Å². The fraction of sp³-hybridized carbons (Fsp3) is 0.737. The Morgan fingerprint density at radius 1 is 1.17 bits per heavy atom. The first-order valence-electron chi connectivity index (χ1n) is 8.94. The molecule has 4 atom stereocenters. The number of unbranched alkanes of at least 4 members (excludes halogenated alkanes) is 4. The molecule has 23 heavy (non-hydrogen) atoms. The third kappa shape index (κ3) is 8.92. The maximum absolute atomic E-state index is 10.7. The van der Waals surface area contributed by atoms with Crippen molar-refractivity contribution in [1.29, 1.82) is 0 Å². The lowest BCUT2D eigenvalue weighted by atomic mass is 10.0. The van der Waals surface area contributed by atoms with Crippen molar-refractivity contribution in [2.24, 2.45) is 5.92 Å². The number of carbonyl (C=O) groups is 1. The molecule has 1 saturated heterocycles. The van der Waals surface area contributed by atoms with Gasteiger partial charge in [-0.1, -0.05) is 57.4 Å². The van der Waals surface area contributed by atoms with E-state index in [1.807, 2.05) is 6.08 Å². The lowest BCUT2D eigenvalue weighted by molar-refractivity contribution is -0.141. The zero-order valence-corrected chi connectivity index (χ0v) is 14.5. The summed E-state index contributed by atoms with van der Waals surface area (Å²) in [5.74, 6) is -0.920. The summed E-state index contributed by atoms with van der Waals surface area (Å²) in [5.41, 5.74) is 0. The highest BCUT2D eigenvalue weighted by atomic mass is 16.6. The topological polar surface area (TPSA) is 70.1 Å². The molecule has 132 valence electrons. The molecular weight excluding hydrogens is 292 g/mol. The van der Waals surface area contributed by atoms with Gasteiger partial charge in [-0.25, -0.2) is 0 Å². The summed E-state index contributed by atoms with van der Waals surface area (Å²) in [6.07, 6.45) is 15.7. The van der Waals surface area contributed by atoms with Gasteiger partial charge in [0.05, 0.1) is 12.0 Å². The molecule has 1 heterocycles. The third-order valence-corrected chi connectivity index (χ3v) is 4.23. The molecule has 1 fully saturated rings. The average molecular weight is 324 g/mol. The van der Waals surface area contributed by atoms with Crippen LogP contribution in [0.15, 0.2) is 24.3 Å². The molecule has 0 aromatic rings. The first-order chi connectivity index (χ1) is 11.1. The van der Waals surface area contributed by atoms with Crippen LogP contribution in [0, 0.1) is 5.92 Å². The molecule has 0 aliphatic carbocycles. The van der Waals surface area contributed by atoms with Gasteiger partial charge in [0.1, 0.15) is 12.2 Å². The molecule has 1 aliphatic rings. The smallest absolute Gasteiger partial charge is 0.306 e. The number of rotatable bonds is 13. The Kier molecular flexibility index (Phi) is 9.88. The van der Waals surface area contributed by atoms with Gasteiger partial charge in [-0.05, 0) is 32.1 Å². The molecule has 0 bridgehead atoms. The largest absolute Gasteiger partial charge is 0.481 e. The molecule has 1 unspecified atom stereocenters. The predicted molar refractivity (Wildman–Crippen MR) is 92.4 cm³/mol. The van der Waals surface area contributed by atoms with Crippen LogP contribution in [0.2, 0.25) is 0 Å². The van der Waals surface area contributed by atoms with Gasteiger partial charge in [-0.2, -0.15) is 0 Å². The van der Waals surface area contributed by atoms with Gasteiger partial charge in [0.15, 0.2) is 0 Å². The second-order valence-electron chi connectivity index (χ2n) is 6.41. The number of hydrogen-bond donors (Lipinski definition) is 2. The van der Waals surface area contributed by atoms with Crippen molar-refractivity contribution >= 4 is 5.97 Å². The fourth-order valence-electron chi connectivity index (χ4n) is 2.56. The lowest BCUT2D eigenvalue weighted by Gasteiger charge is -2.04. The summed E-state index contributed by atoms with van der Waals surface area (Å²) >= 11 is 0. The van der Waals surface area contributed by atoms with Gasteiger partial charge in [-0.3, -0.25) is 4.79 Å². The van der Waals surface area contributed by atoms with Crippen molar-refractivity contribution < 1.29 is 19.7 Å². The Labute approximate surface area is 140 Å². The summed E-state index contributed by atoms with van der Waals surface area (Å²) in [6, 6.07) is 0. The van der Waals surface area contributed by atoms with Crippen molar-refractivity contribution in [2.45, 2.75) is 83.5 Å². The highest BCUT2D eigenvalue weighted by Gasteiger charge is 2.41. The van der Waals surface area contributed by atoms with Crippen LogP contribution in [0.4, 0.5) is 0 Å². The van der Waals surface area contributed by atoms with E-state index in [-0.39, 0.29) is 18.1 Å². The van der Waals surface area contributed by atoms with Crippen LogP contribution in [0.25, 0.3) is 0 Å². The molecular formula is C19H32O4. The second kappa shape index (κ2) is 11.4. The van der Waals surface area contributed by atoms with Gasteiger partial charge in [0, 0.05) is 0 Å². The van der Waals surface area contributed by atoms with Gasteiger partial charge in [-0.15, -0.1) is 0 Å². The summed E-state index contributed by atoms with van der Waals surface area (Å²) in [7, 11) is 0. The summed E-state index contributed by atoms with van der Waals surface area (Å²) in [4.78, 5) is 10.7. The van der Waals surface area contributed by atoms with Crippen LogP contribution in [-0.4, -0.2) is 34.5 Å². The van der Waals surface area contributed by atoms with E-state index in [4.69, 9.17) is 9.84 Å². The Morgan fingerprint density at radius 3 is 2.61 bits per heavy atom. The highest BCUT2D eigenvalue weighted by molar-refractivity contribution is 5.69. The van der Waals surface area contributed by atoms with Gasteiger partial charge < -0.3 is 14.9 Å². The van der Waals surface area contributed by atoms with Crippen molar-refractivity contribution in [3.63, 3.8) is 0 Å². The SMILES string of the molecule is CCC=CC[C@H](O)[C@@H]1O[C@H]1C=CCCCCCCC(C)C(=O)O. The Bertz CT molecular complexity index is 389. The average Bonchev–Trinajstić information content (AvgIpc) is 3.29. The number of epoxide rings is 1. The van der Waals surface area contributed by atoms with E-state index in [2.05, 4.69) is 25.2 Å². The number of aliphatic carboxylic acids is 1. The van der Waals surface area contributed by atoms with E-state index in [1.165, 1.54) is 0 Å². The molecule has 0 aromatic carbocycles. The first-order valence-corrected chi connectivity index (χ1v) is 8.94. The number of allylic oxidation sites excluding steroid dienone is 2. The van der Waals surface area contributed by atoms with Crippen LogP contribution in [0.1, 0.15) is 65.2 Å². The van der Waals surface area contributed by atoms with E-state index in [9.17, 15) is 9.90 Å². The van der Waals surface area contributed by atoms with Crippen molar-refractivity contribution in [2.75, 3.05) is 0 Å². The summed E-state index contributed by atoms with van der Waals surface area (Å²) in [5, 5.41) is 18.7. The van der Waals surface area contributed by atoms with E-state index in [0.29, 0.717) is 6.42 Å². The van der Waals surface area contributed by atoms with E-state index in [1.54, 1.807) is 6.92 Å². The molecule has 0 amide bonds. The number of carboxylic acid groups (broad SMARTS) is 1. The number of carboxylic acids is 1. The zero-order chi connectivity index (χ0) is 17.1. The molecule has 2 N–H and O–H groups in total. The lowest BCUT2D eigenvalue weighted by Crippen LogP contribution is -2.15. The van der Waals surface area contributed by atoms with Gasteiger partial charge in [0.25, 0.3) is 0 Å². The highest BCUT2D eigenvalue weighted by Crippen LogP contribution is 2.28. The van der Waals surface area contributed by atoms with Crippen LogP contribution in [0.3, 0.4) is 0 Å². The van der Waals surface area contributed by atoms with Crippen LogP contribution < -0.4 is 0 Å². The predicted octanol–water partition coefficient (Wildman–Crippen LogP) is 4.09. The monoisotopic (exact) mass is 324 g/mol. The molecule has 0 aromatic heterocycles. The number of ether oxygens (including phenoxy) is 1. The minimum Gasteiger partial charge on any atom is -0.481 e. The van der Waals surface area contributed by atoms with Crippen LogP contribution in [0.5, 0.6) is 0 Å². The molecule has 0 spiro atoms. The van der Waals surface area contributed by atoms with E-state index < -0.39 is 12.1 Å². The minimum absolute atomic E-state index is 0.0368. The standard InChI is InChI=1S/C19H32O4/c1-3-4-9-13-16(20)18-17(23-18)14-11-8-6-5-7-10-12-15(2)19(21)22/h4,9,11,14-18,20H,3,5-8,10,12-13H2,1-2H3,(H,21,22)/t15?,16-,17-,18-/m0/s1. The van der Waals surface area contributed by atoms with Crippen LogP contribution in [-0.2, 0) is 9.53 Å². The summed E-state index contributed by atoms with van der Waals surface area (Å²) in [6.45, 7) is 3.85. The molecule has 0 radical (unpaired) electrons. The van der Waals surface area contributed by atoms with Crippen LogP contribution >= 0.6 is 0 Å². The van der Waals surface area contributed by atoms with E-state index >= 15 is 0 Å². The Morgan fingerprint density at radius 2 is 1.91 bits per heavy atom. The molecule has 1 aliphatic heterocycles. The van der Waals surface area contributed by atoms with Gasteiger partial charge in [0.2, 0.25) is 0 Å². The Balaban J connectivity index is 1.97. The maximum atomic E-state index is 10.7. The third-order valence-electron chi connectivity index (χ3n) is 4.23. The molecule has 4 nitrogen and oxygen atoms in total. The molecule has 1 rings (SSSR count). The zero-order valence-electron chi connectivity index (χ0n) is 14.5. The second-order valence-corrected chi connectivity index (χ2v) is 6.41. The fourth-order valence-corrected chi connectivity index (χ4v) is 2.56. The maximum Gasteiger partial charge on any atom is 0.306 e. The quantitative estimate of drug-likeness (QED) is 0.304. The number of hydrogen-bond acceptors (Lipinski definition) is 3. The Hall–Kier alpha value is -1.13. The minimum atomic E-state index is -0.695. The number of aliphatic hydroxyl groups is 1. The summed E-state index contributed by atoms with van der Waals surface area (Å²) < 4.78 is 5.48.